The number of aromatic nitrogens is 1. The van der Waals surface area contributed by atoms with E-state index in [-0.39, 0.29) is 0 Å². The summed E-state index contributed by atoms with van der Waals surface area (Å²) in [6.45, 7) is 10.8. The fraction of sp³-hybridized carbons (Fsp3) is 0.714. The normalized spacial score (nSPS) is 11.9. The van der Waals surface area contributed by atoms with Gasteiger partial charge in [0.1, 0.15) is 6.54 Å². The molecule has 2 N–H and O–H groups in total. The molecular weight excluding hydrogens is 240 g/mol. The Hall–Kier alpha value is -1.52. The molecule has 0 saturated carbocycles. The van der Waals surface area contributed by atoms with Crippen molar-refractivity contribution in [2.24, 2.45) is 10.9 Å². The molecule has 1 aromatic heterocycles. The highest BCUT2D eigenvalue weighted by Crippen LogP contribution is 2.05. The van der Waals surface area contributed by atoms with Crippen molar-refractivity contribution in [1.82, 2.24) is 15.8 Å². The lowest BCUT2D eigenvalue weighted by molar-refractivity contribution is 0.379. The second-order valence-corrected chi connectivity index (χ2v) is 4.94. The van der Waals surface area contributed by atoms with E-state index in [1.54, 1.807) is 0 Å². The van der Waals surface area contributed by atoms with Crippen LogP contribution in [0.4, 0.5) is 0 Å². The van der Waals surface area contributed by atoms with E-state index >= 15 is 0 Å². The molecule has 1 heterocycles. The van der Waals surface area contributed by atoms with Gasteiger partial charge in [0.2, 0.25) is 0 Å². The van der Waals surface area contributed by atoms with Crippen molar-refractivity contribution in [2.45, 2.75) is 47.1 Å². The zero-order valence-corrected chi connectivity index (χ0v) is 12.5. The first-order chi connectivity index (χ1) is 9.15. The molecule has 0 radical (unpaired) electrons. The van der Waals surface area contributed by atoms with Crippen LogP contribution in [0, 0.1) is 5.92 Å². The van der Waals surface area contributed by atoms with Gasteiger partial charge >= 0.3 is 0 Å². The number of hydrogen-bond acceptors (Lipinski definition) is 3. The van der Waals surface area contributed by atoms with Gasteiger partial charge in [-0.3, -0.25) is 0 Å². The zero-order chi connectivity index (χ0) is 14.1. The molecule has 19 heavy (non-hydrogen) atoms. The van der Waals surface area contributed by atoms with Gasteiger partial charge in [0, 0.05) is 19.2 Å². The van der Waals surface area contributed by atoms with Crippen molar-refractivity contribution in [3.8, 4) is 0 Å². The first kappa shape index (κ1) is 15.5. The van der Waals surface area contributed by atoms with Gasteiger partial charge < -0.3 is 15.2 Å². The average Bonchev–Trinajstić information content (AvgIpc) is 2.83. The largest absolute Gasteiger partial charge is 0.359 e. The highest BCUT2D eigenvalue weighted by molar-refractivity contribution is 5.79. The van der Waals surface area contributed by atoms with Crippen LogP contribution in [0.15, 0.2) is 15.6 Å². The van der Waals surface area contributed by atoms with E-state index in [0.29, 0.717) is 12.5 Å². The first-order valence-electron chi connectivity index (χ1n) is 7.12. The van der Waals surface area contributed by atoms with Crippen molar-refractivity contribution in [1.29, 1.82) is 0 Å². The van der Waals surface area contributed by atoms with Gasteiger partial charge in [0.15, 0.2) is 11.7 Å². The van der Waals surface area contributed by atoms with Crippen LogP contribution in [-0.4, -0.2) is 24.2 Å². The van der Waals surface area contributed by atoms with Crippen molar-refractivity contribution >= 4 is 5.96 Å². The summed E-state index contributed by atoms with van der Waals surface area (Å²) in [7, 11) is 0. The SMILES string of the molecule is CCNC(=NCc1cc(CC)no1)NCCC(C)C. The smallest absolute Gasteiger partial charge is 0.191 e. The zero-order valence-electron chi connectivity index (χ0n) is 12.5. The van der Waals surface area contributed by atoms with Gasteiger partial charge in [-0.05, 0) is 25.7 Å². The molecule has 108 valence electrons. The van der Waals surface area contributed by atoms with Crippen LogP contribution >= 0.6 is 0 Å². The number of nitrogens with zero attached hydrogens (tertiary/aromatic N) is 2. The molecule has 0 aliphatic rings. The molecule has 0 atom stereocenters. The monoisotopic (exact) mass is 266 g/mol. The number of aryl methyl sites for hydroxylation is 1. The summed E-state index contributed by atoms with van der Waals surface area (Å²) in [5.41, 5.74) is 0.975. The van der Waals surface area contributed by atoms with E-state index in [1.165, 1.54) is 0 Å². The lowest BCUT2D eigenvalue weighted by Crippen LogP contribution is -2.38. The quantitative estimate of drug-likeness (QED) is 0.587. The summed E-state index contributed by atoms with van der Waals surface area (Å²) >= 11 is 0. The van der Waals surface area contributed by atoms with Crippen LogP contribution in [0.1, 0.15) is 45.6 Å². The molecule has 1 rings (SSSR count). The van der Waals surface area contributed by atoms with Crippen LogP contribution in [0.5, 0.6) is 0 Å². The van der Waals surface area contributed by atoms with Crippen molar-refractivity contribution in [3.05, 3.63) is 17.5 Å². The molecule has 0 fully saturated rings. The Balaban J connectivity index is 2.47. The third kappa shape index (κ3) is 6.27. The third-order valence-electron chi connectivity index (χ3n) is 2.72. The molecular formula is C14H26N4O. The predicted octanol–water partition coefficient (Wildman–Crippen LogP) is 2.34. The van der Waals surface area contributed by atoms with Crippen molar-refractivity contribution in [3.63, 3.8) is 0 Å². The molecule has 0 saturated heterocycles. The summed E-state index contributed by atoms with van der Waals surface area (Å²) in [5, 5.41) is 10.5. The molecule has 0 amide bonds. The fourth-order valence-corrected chi connectivity index (χ4v) is 1.57. The first-order valence-corrected chi connectivity index (χ1v) is 7.12. The van der Waals surface area contributed by atoms with Gasteiger partial charge in [-0.2, -0.15) is 0 Å². The minimum absolute atomic E-state index is 0.518. The molecule has 0 aliphatic heterocycles. The van der Waals surface area contributed by atoms with Gasteiger partial charge in [0.05, 0.1) is 5.69 Å². The molecule has 0 aliphatic carbocycles. The number of rotatable bonds is 7. The second-order valence-electron chi connectivity index (χ2n) is 4.94. The Morgan fingerprint density at radius 1 is 1.37 bits per heavy atom. The predicted molar refractivity (Wildman–Crippen MR) is 78.2 cm³/mol. The minimum Gasteiger partial charge on any atom is -0.359 e. The maximum Gasteiger partial charge on any atom is 0.191 e. The van der Waals surface area contributed by atoms with E-state index < -0.39 is 0 Å². The molecule has 5 heteroatoms. The van der Waals surface area contributed by atoms with Crippen LogP contribution in [0.25, 0.3) is 0 Å². The summed E-state index contributed by atoms with van der Waals surface area (Å²) in [5.74, 6) is 2.33. The number of nitrogens with one attached hydrogen (secondary N) is 2. The number of guanidine groups is 1. The maximum absolute atomic E-state index is 5.21. The Kier molecular flexibility index (Phi) is 7.00. The lowest BCUT2D eigenvalue weighted by Gasteiger charge is -2.11. The average molecular weight is 266 g/mol. The third-order valence-corrected chi connectivity index (χ3v) is 2.72. The van der Waals surface area contributed by atoms with Crippen molar-refractivity contribution < 1.29 is 4.52 Å². The second kappa shape index (κ2) is 8.56. The van der Waals surface area contributed by atoms with Crippen LogP contribution in [-0.2, 0) is 13.0 Å². The van der Waals surface area contributed by atoms with Gasteiger partial charge in [-0.15, -0.1) is 0 Å². The van der Waals surface area contributed by atoms with E-state index in [1.807, 2.05) is 6.07 Å². The molecule has 0 aromatic carbocycles. The summed E-state index contributed by atoms with van der Waals surface area (Å²) in [6, 6.07) is 1.96. The lowest BCUT2D eigenvalue weighted by atomic mass is 10.1. The van der Waals surface area contributed by atoms with Gasteiger partial charge in [-0.25, -0.2) is 4.99 Å². The van der Waals surface area contributed by atoms with Crippen molar-refractivity contribution in [2.75, 3.05) is 13.1 Å². The molecule has 5 nitrogen and oxygen atoms in total. The molecule has 1 aromatic rings. The Bertz CT molecular complexity index is 385. The van der Waals surface area contributed by atoms with E-state index in [2.05, 4.69) is 48.5 Å². The summed E-state index contributed by atoms with van der Waals surface area (Å²) in [4.78, 5) is 4.49. The standard InChI is InChI=1S/C14H26N4O/c1-5-12-9-13(19-18-12)10-17-14(15-6-2)16-8-7-11(3)4/h9,11H,5-8,10H2,1-4H3,(H2,15,16,17). The maximum atomic E-state index is 5.21. The number of hydrogen-bond donors (Lipinski definition) is 2. The van der Waals surface area contributed by atoms with E-state index in [9.17, 15) is 0 Å². The molecule has 0 bridgehead atoms. The van der Waals surface area contributed by atoms with Crippen LogP contribution in [0.2, 0.25) is 0 Å². The highest BCUT2D eigenvalue weighted by atomic mass is 16.5. The Morgan fingerprint density at radius 3 is 2.74 bits per heavy atom. The summed E-state index contributed by atoms with van der Waals surface area (Å²) in [6.07, 6.45) is 2.02. The number of aliphatic imine (C=N–C) groups is 1. The Morgan fingerprint density at radius 2 is 2.16 bits per heavy atom. The van der Waals surface area contributed by atoms with E-state index in [0.717, 1.165) is 43.3 Å². The van der Waals surface area contributed by atoms with Gasteiger partial charge in [-0.1, -0.05) is 25.9 Å². The highest BCUT2D eigenvalue weighted by Gasteiger charge is 2.03. The van der Waals surface area contributed by atoms with Crippen LogP contribution in [0.3, 0.4) is 0 Å². The van der Waals surface area contributed by atoms with Gasteiger partial charge in [0.25, 0.3) is 0 Å². The van der Waals surface area contributed by atoms with E-state index in [4.69, 9.17) is 4.52 Å². The fourth-order valence-electron chi connectivity index (χ4n) is 1.57. The van der Waals surface area contributed by atoms with Crippen LogP contribution < -0.4 is 10.6 Å². The Labute approximate surface area is 115 Å². The topological polar surface area (TPSA) is 62.5 Å². The molecule has 0 unspecified atom stereocenters. The molecule has 0 spiro atoms. The minimum atomic E-state index is 0.518. The summed E-state index contributed by atoms with van der Waals surface area (Å²) < 4.78 is 5.21.